The highest BCUT2D eigenvalue weighted by molar-refractivity contribution is 7.99. The fraction of sp³-hybridized carbons (Fsp3) is 0.800. The monoisotopic (exact) mass is 430 g/mol. The van der Waals surface area contributed by atoms with E-state index >= 15 is 0 Å². The van der Waals surface area contributed by atoms with E-state index in [1.807, 2.05) is 26.6 Å². The van der Waals surface area contributed by atoms with Gasteiger partial charge in [0.1, 0.15) is 0 Å². The third-order valence-electron chi connectivity index (χ3n) is 9.91. The number of aliphatic hydroxyl groups is 1. The molecule has 0 bridgehead atoms. The van der Waals surface area contributed by atoms with Crippen molar-refractivity contribution in [2.24, 2.45) is 35.6 Å². The molecule has 1 N–H and O–H groups in total. The molecule has 0 aromatic carbocycles. The lowest BCUT2D eigenvalue weighted by atomic mass is 9.46. The van der Waals surface area contributed by atoms with Crippen molar-refractivity contribution in [3.8, 4) is 0 Å². The van der Waals surface area contributed by atoms with Gasteiger partial charge in [-0.15, -0.1) is 0 Å². The van der Waals surface area contributed by atoms with Gasteiger partial charge in [0.25, 0.3) is 0 Å². The average molecular weight is 431 g/mol. The van der Waals surface area contributed by atoms with Gasteiger partial charge in [-0.2, -0.15) is 0 Å². The normalized spacial score (nSPS) is 45.4. The summed E-state index contributed by atoms with van der Waals surface area (Å²) in [6.07, 6.45) is 16.1. The standard InChI is InChI=1S/C25H38N2O2S/c1-23-10-7-18(29-4)15-17(23)5-6-19-20(23)8-11-24(2)21(19)9-12-25(24,28)16-30-22-26-13-14-27(22)3/h13-15,18-21,28H,5-12,16H2,1-4H3/t18?,19?,20?,21?,23-,24-,25-/m0/s1. The summed E-state index contributed by atoms with van der Waals surface area (Å²) in [5, 5.41) is 12.9. The molecule has 3 fully saturated rings. The number of thioether (sulfide) groups is 1. The number of fused-ring (bicyclic) bond motifs is 5. The van der Waals surface area contributed by atoms with Gasteiger partial charge in [0.15, 0.2) is 5.16 Å². The Bertz CT molecular complexity index is 837. The second-order valence-corrected chi connectivity index (χ2v) is 11.9. The summed E-state index contributed by atoms with van der Waals surface area (Å²) < 4.78 is 7.74. The minimum atomic E-state index is -0.579. The third kappa shape index (κ3) is 2.98. The Morgan fingerprint density at radius 2 is 1.97 bits per heavy atom. The van der Waals surface area contributed by atoms with Crippen LogP contribution < -0.4 is 0 Å². The molecule has 5 rings (SSSR count). The maximum absolute atomic E-state index is 11.9. The predicted molar refractivity (Wildman–Crippen MR) is 121 cm³/mol. The molecule has 0 amide bonds. The van der Waals surface area contributed by atoms with Crippen molar-refractivity contribution in [3.05, 3.63) is 24.0 Å². The number of nitrogens with zero attached hydrogens (tertiary/aromatic N) is 2. The molecule has 4 aliphatic rings. The smallest absolute Gasteiger partial charge is 0.167 e. The van der Waals surface area contributed by atoms with Gasteiger partial charge < -0.3 is 14.4 Å². The second kappa shape index (κ2) is 7.38. The highest BCUT2D eigenvalue weighted by atomic mass is 32.2. The summed E-state index contributed by atoms with van der Waals surface area (Å²) >= 11 is 1.73. The van der Waals surface area contributed by atoms with E-state index in [-0.39, 0.29) is 5.41 Å². The van der Waals surface area contributed by atoms with Crippen molar-refractivity contribution in [2.45, 2.75) is 82.1 Å². The van der Waals surface area contributed by atoms with Crippen LogP contribution in [-0.4, -0.2) is 39.2 Å². The van der Waals surface area contributed by atoms with Gasteiger partial charge in [-0.1, -0.05) is 37.3 Å². The molecule has 0 saturated heterocycles. The van der Waals surface area contributed by atoms with E-state index in [0.717, 1.165) is 42.0 Å². The number of methoxy groups -OCH3 is 1. The summed E-state index contributed by atoms with van der Waals surface area (Å²) in [6, 6.07) is 0. The molecule has 4 nitrogen and oxygen atoms in total. The maximum Gasteiger partial charge on any atom is 0.167 e. The van der Waals surface area contributed by atoms with Crippen LogP contribution in [0.5, 0.6) is 0 Å². The minimum Gasteiger partial charge on any atom is -0.388 e. The molecular weight excluding hydrogens is 392 g/mol. The van der Waals surface area contributed by atoms with Crippen LogP contribution in [0, 0.1) is 28.6 Å². The zero-order valence-corrected chi connectivity index (χ0v) is 19.9. The first kappa shape index (κ1) is 21.1. The number of aromatic nitrogens is 2. The highest BCUT2D eigenvalue weighted by Crippen LogP contribution is 2.68. The van der Waals surface area contributed by atoms with Gasteiger partial charge in [0.2, 0.25) is 0 Å². The van der Waals surface area contributed by atoms with E-state index < -0.39 is 5.60 Å². The number of rotatable bonds is 4. The first-order chi connectivity index (χ1) is 14.3. The molecule has 5 heteroatoms. The first-order valence-electron chi connectivity index (χ1n) is 11.9. The summed E-state index contributed by atoms with van der Waals surface area (Å²) in [4.78, 5) is 4.47. The van der Waals surface area contributed by atoms with Crippen LogP contribution in [-0.2, 0) is 11.8 Å². The fourth-order valence-corrected chi connectivity index (χ4v) is 9.15. The van der Waals surface area contributed by atoms with Gasteiger partial charge >= 0.3 is 0 Å². The van der Waals surface area contributed by atoms with Crippen molar-refractivity contribution in [2.75, 3.05) is 12.9 Å². The molecule has 1 heterocycles. The number of imidazole rings is 1. The summed E-state index contributed by atoms with van der Waals surface area (Å²) in [5.74, 6) is 2.96. The van der Waals surface area contributed by atoms with E-state index in [2.05, 4.69) is 29.5 Å². The lowest BCUT2D eigenvalue weighted by Gasteiger charge is -2.59. The lowest BCUT2D eigenvalue weighted by Crippen LogP contribution is -2.55. The minimum absolute atomic E-state index is 0.0354. The zero-order chi connectivity index (χ0) is 21.1. The Morgan fingerprint density at radius 1 is 1.17 bits per heavy atom. The number of allylic oxidation sites excluding steroid dienone is 1. The lowest BCUT2D eigenvalue weighted by molar-refractivity contribution is -0.116. The van der Waals surface area contributed by atoms with Gasteiger partial charge in [-0.25, -0.2) is 4.98 Å². The van der Waals surface area contributed by atoms with E-state index in [1.165, 1.54) is 32.1 Å². The SMILES string of the molecule is COC1C=C2CCC3C(CC[C@@]4(C)C3CC[C@]4(O)CSc3nccn3C)[C@@]2(C)CC1. The predicted octanol–water partition coefficient (Wildman–Crippen LogP) is 5.22. The molecule has 0 radical (unpaired) electrons. The summed E-state index contributed by atoms with van der Waals surface area (Å²) in [7, 11) is 3.89. The topological polar surface area (TPSA) is 47.3 Å². The van der Waals surface area contributed by atoms with Gasteiger partial charge in [-0.05, 0) is 74.5 Å². The number of hydrogen-bond donors (Lipinski definition) is 1. The molecular formula is C25H38N2O2S. The van der Waals surface area contributed by atoms with E-state index in [0.29, 0.717) is 17.4 Å². The fourth-order valence-electron chi connectivity index (χ4n) is 7.90. The average Bonchev–Trinajstić information content (AvgIpc) is 3.26. The van der Waals surface area contributed by atoms with E-state index in [4.69, 9.17) is 4.74 Å². The number of ether oxygens (including phenoxy) is 1. The summed E-state index contributed by atoms with van der Waals surface area (Å²) in [6.45, 7) is 4.96. The molecule has 0 aliphatic heterocycles. The molecule has 1 aromatic rings. The number of hydrogen-bond acceptors (Lipinski definition) is 4. The molecule has 4 aliphatic carbocycles. The van der Waals surface area contributed by atoms with Crippen molar-refractivity contribution >= 4 is 11.8 Å². The first-order valence-corrected chi connectivity index (χ1v) is 12.9. The Kier molecular flexibility index (Phi) is 5.19. The summed E-state index contributed by atoms with van der Waals surface area (Å²) in [5.41, 5.74) is 1.48. The Balaban J connectivity index is 1.37. The van der Waals surface area contributed by atoms with Crippen LogP contribution in [0.25, 0.3) is 0 Å². The van der Waals surface area contributed by atoms with Crippen molar-refractivity contribution in [3.63, 3.8) is 0 Å². The molecule has 0 spiro atoms. The van der Waals surface area contributed by atoms with E-state index in [9.17, 15) is 5.11 Å². The van der Waals surface area contributed by atoms with Crippen LogP contribution >= 0.6 is 11.8 Å². The highest BCUT2D eigenvalue weighted by Gasteiger charge is 2.63. The Morgan fingerprint density at radius 3 is 2.70 bits per heavy atom. The molecule has 3 saturated carbocycles. The largest absolute Gasteiger partial charge is 0.388 e. The zero-order valence-electron chi connectivity index (χ0n) is 19.1. The van der Waals surface area contributed by atoms with Gasteiger partial charge in [0, 0.05) is 37.7 Å². The van der Waals surface area contributed by atoms with Crippen LogP contribution in [0.3, 0.4) is 0 Å². The van der Waals surface area contributed by atoms with Crippen molar-refractivity contribution in [1.82, 2.24) is 9.55 Å². The molecule has 1 aromatic heterocycles. The number of aryl methyl sites for hydroxylation is 1. The molecule has 7 atom stereocenters. The quantitative estimate of drug-likeness (QED) is 0.525. The van der Waals surface area contributed by atoms with Crippen LogP contribution in [0.15, 0.2) is 29.2 Å². The van der Waals surface area contributed by atoms with Crippen LogP contribution in [0.4, 0.5) is 0 Å². The Labute approximate surface area is 185 Å². The third-order valence-corrected chi connectivity index (χ3v) is 11.2. The second-order valence-electron chi connectivity index (χ2n) is 11.0. The van der Waals surface area contributed by atoms with Crippen LogP contribution in [0.1, 0.15) is 65.2 Å². The van der Waals surface area contributed by atoms with Gasteiger partial charge in [0.05, 0.1) is 11.7 Å². The Hall–Kier alpha value is -0.780. The molecule has 4 unspecified atom stereocenters. The van der Waals surface area contributed by atoms with Crippen molar-refractivity contribution in [1.29, 1.82) is 0 Å². The molecule has 166 valence electrons. The van der Waals surface area contributed by atoms with Crippen molar-refractivity contribution < 1.29 is 9.84 Å². The van der Waals surface area contributed by atoms with E-state index in [1.54, 1.807) is 17.3 Å². The van der Waals surface area contributed by atoms with Gasteiger partial charge in [-0.3, -0.25) is 0 Å². The molecule has 30 heavy (non-hydrogen) atoms. The maximum atomic E-state index is 11.9. The van der Waals surface area contributed by atoms with Crippen LogP contribution in [0.2, 0.25) is 0 Å².